The highest BCUT2D eigenvalue weighted by atomic mass is 16.5. The fraction of sp³-hybridized carbons (Fsp3) is 1.00. The molecule has 1 atom stereocenters. The summed E-state index contributed by atoms with van der Waals surface area (Å²) in [4.78, 5) is 0. The quantitative estimate of drug-likeness (QED) is 0.701. The van der Waals surface area contributed by atoms with Crippen molar-refractivity contribution in [2.45, 2.75) is 69.4 Å². The minimum absolute atomic E-state index is 0.237. The van der Waals surface area contributed by atoms with Crippen LogP contribution in [0.15, 0.2) is 0 Å². The Kier molecular flexibility index (Phi) is 5.26. The van der Waals surface area contributed by atoms with Gasteiger partial charge in [0.1, 0.15) is 0 Å². The van der Waals surface area contributed by atoms with Crippen molar-refractivity contribution < 1.29 is 9.84 Å². The van der Waals surface area contributed by atoms with Crippen molar-refractivity contribution >= 4 is 0 Å². The number of ether oxygens (including phenoxy) is 1. The summed E-state index contributed by atoms with van der Waals surface area (Å²) < 4.78 is 6.03. The second-order valence-electron chi connectivity index (χ2n) is 5.67. The van der Waals surface area contributed by atoms with E-state index in [0.29, 0.717) is 12.6 Å². The molecular formula is C14H27NO2. The van der Waals surface area contributed by atoms with Crippen molar-refractivity contribution in [3.8, 4) is 0 Å². The molecule has 1 aliphatic heterocycles. The molecule has 1 spiro atoms. The van der Waals surface area contributed by atoms with Crippen molar-refractivity contribution in [3.05, 3.63) is 0 Å². The Hall–Kier alpha value is -0.120. The fourth-order valence-corrected chi connectivity index (χ4v) is 3.29. The van der Waals surface area contributed by atoms with Gasteiger partial charge in [0.05, 0.1) is 5.60 Å². The van der Waals surface area contributed by atoms with Crippen molar-refractivity contribution in [2.24, 2.45) is 0 Å². The first-order valence-electron chi connectivity index (χ1n) is 7.33. The van der Waals surface area contributed by atoms with E-state index >= 15 is 0 Å². The van der Waals surface area contributed by atoms with Crippen LogP contribution in [0.5, 0.6) is 0 Å². The standard InChI is InChI=1S/C14H27NO2/c16-10-5-1-4-9-15-13-6-11-17-14(12-13)7-2-3-8-14/h13,15-16H,1-12H2. The molecule has 100 valence electrons. The lowest BCUT2D eigenvalue weighted by molar-refractivity contribution is -0.0835. The van der Waals surface area contributed by atoms with Gasteiger partial charge in [-0.25, -0.2) is 0 Å². The van der Waals surface area contributed by atoms with Gasteiger partial charge in [-0.15, -0.1) is 0 Å². The van der Waals surface area contributed by atoms with Crippen molar-refractivity contribution in [1.29, 1.82) is 0 Å². The van der Waals surface area contributed by atoms with E-state index in [2.05, 4.69) is 5.32 Å². The van der Waals surface area contributed by atoms with Crippen LogP contribution >= 0.6 is 0 Å². The molecule has 1 saturated carbocycles. The summed E-state index contributed by atoms with van der Waals surface area (Å²) in [5.41, 5.74) is 0.237. The molecular weight excluding hydrogens is 214 g/mol. The number of aliphatic hydroxyl groups is 1. The van der Waals surface area contributed by atoms with Gasteiger partial charge in [-0.3, -0.25) is 0 Å². The van der Waals surface area contributed by atoms with Gasteiger partial charge in [0, 0.05) is 19.3 Å². The van der Waals surface area contributed by atoms with E-state index in [4.69, 9.17) is 9.84 Å². The molecule has 1 saturated heterocycles. The fourth-order valence-electron chi connectivity index (χ4n) is 3.29. The lowest BCUT2D eigenvalue weighted by Crippen LogP contribution is -2.45. The Bertz CT molecular complexity index is 214. The number of hydrogen-bond donors (Lipinski definition) is 2. The van der Waals surface area contributed by atoms with Gasteiger partial charge in [0.2, 0.25) is 0 Å². The van der Waals surface area contributed by atoms with E-state index in [1.807, 2.05) is 0 Å². The number of rotatable bonds is 6. The van der Waals surface area contributed by atoms with Crippen molar-refractivity contribution in [2.75, 3.05) is 19.8 Å². The molecule has 0 amide bonds. The molecule has 0 aromatic carbocycles. The number of unbranched alkanes of at least 4 members (excludes halogenated alkanes) is 2. The Labute approximate surface area is 105 Å². The smallest absolute Gasteiger partial charge is 0.0697 e. The number of aliphatic hydroxyl groups excluding tert-OH is 1. The highest BCUT2D eigenvalue weighted by Gasteiger charge is 2.39. The summed E-state index contributed by atoms with van der Waals surface area (Å²) in [6, 6.07) is 0.663. The van der Waals surface area contributed by atoms with E-state index in [9.17, 15) is 0 Å². The molecule has 0 radical (unpaired) electrons. The summed E-state index contributed by atoms with van der Waals surface area (Å²) in [5, 5.41) is 12.4. The average Bonchev–Trinajstić information content (AvgIpc) is 2.77. The van der Waals surface area contributed by atoms with Gasteiger partial charge in [0.25, 0.3) is 0 Å². The zero-order valence-corrected chi connectivity index (χ0v) is 10.9. The SMILES string of the molecule is OCCCCCNC1CCOC2(CCCC2)C1. The van der Waals surface area contributed by atoms with Gasteiger partial charge in [-0.05, 0) is 51.5 Å². The maximum atomic E-state index is 8.72. The van der Waals surface area contributed by atoms with Crippen molar-refractivity contribution in [3.63, 3.8) is 0 Å². The number of nitrogens with one attached hydrogen (secondary N) is 1. The first-order valence-corrected chi connectivity index (χ1v) is 7.33. The zero-order valence-electron chi connectivity index (χ0n) is 10.9. The van der Waals surface area contributed by atoms with Crippen LogP contribution in [0, 0.1) is 0 Å². The second kappa shape index (κ2) is 6.72. The zero-order chi connectivity index (χ0) is 12.0. The van der Waals surface area contributed by atoms with Crippen LogP contribution in [0.1, 0.15) is 57.8 Å². The molecule has 3 nitrogen and oxygen atoms in total. The summed E-state index contributed by atoms with van der Waals surface area (Å²) in [5.74, 6) is 0. The molecule has 1 heterocycles. The Morgan fingerprint density at radius 2 is 2.00 bits per heavy atom. The average molecular weight is 241 g/mol. The summed E-state index contributed by atoms with van der Waals surface area (Å²) in [6.45, 7) is 2.37. The van der Waals surface area contributed by atoms with Crippen LogP contribution in [0.4, 0.5) is 0 Å². The molecule has 1 unspecified atom stereocenters. The monoisotopic (exact) mass is 241 g/mol. The molecule has 0 aromatic rings. The van der Waals surface area contributed by atoms with Gasteiger partial charge in [0.15, 0.2) is 0 Å². The Balaban J connectivity index is 1.63. The highest BCUT2D eigenvalue weighted by molar-refractivity contribution is 4.93. The Morgan fingerprint density at radius 3 is 2.76 bits per heavy atom. The van der Waals surface area contributed by atoms with Crippen LogP contribution < -0.4 is 5.32 Å². The van der Waals surface area contributed by atoms with Crippen molar-refractivity contribution in [1.82, 2.24) is 5.32 Å². The molecule has 0 aromatic heterocycles. The lowest BCUT2D eigenvalue weighted by Gasteiger charge is -2.38. The first kappa shape index (κ1) is 13.3. The molecule has 2 aliphatic rings. The van der Waals surface area contributed by atoms with E-state index < -0.39 is 0 Å². The van der Waals surface area contributed by atoms with Gasteiger partial charge in [-0.1, -0.05) is 12.8 Å². The Morgan fingerprint density at radius 1 is 1.18 bits per heavy atom. The minimum Gasteiger partial charge on any atom is -0.396 e. The van der Waals surface area contributed by atoms with Gasteiger partial charge >= 0.3 is 0 Å². The molecule has 3 heteroatoms. The maximum Gasteiger partial charge on any atom is 0.0697 e. The summed E-state index contributed by atoms with van der Waals surface area (Å²) >= 11 is 0. The van der Waals surface area contributed by atoms with Crippen LogP contribution in [0.25, 0.3) is 0 Å². The molecule has 0 bridgehead atoms. The van der Waals surface area contributed by atoms with E-state index in [-0.39, 0.29) is 5.60 Å². The molecule has 2 fully saturated rings. The van der Waals surface area contributed by atoms with E-state index in [1.54, 1.807) is 0 Å². The van der Waals surface area contributed by atoms with E-state index in [1.165, 1.54) is 44.9 Å². The van der Waals surface area contributed by atoms with Gasteiger partial charge in [-0.2, -0.15) is 0 Å². The second-order valence-corrected chi connectivity index (χ2v) is 5.67. The van der Waals surface area contributed by atoms with E-state index in [0.717, 1.165) is 26.0 Å². The molecule has 17 heavy (non-hydrogen) atoms. The third kappa shape index (κ3) is 3.94. The normalized spacial score (nSPS) is 27.7. The van der Waals surface area contributed by atoms with Crippen LogP contribution in [-0.2, 0) is 4.74 Å². The minimum atomic E-state index is 0.237. The van der Waals surface area contributed by atoms with Crippen LogP contribution in [-0.4, -0.2) is 36.5 Å². The number of hydrogen-bond acceptors (Lipinski definition) is 3. The lowest BCUT2D eigenvalue weighted by atomic mass is 9.89. The van der Waals surface area contributed by atoms with Gasteiger partial charge < -0.3 is 15.2 Å². The highest BCUT2D eigenvalue weighted by Crippen LogP contribution is 2.39. The summed E-state index contributed by atoms with van der Waals surface area (Å²) in [7, 11) is 0. The molecule has 1 aliphatic carbocycles. The topological polar surface area (TPSA) is 41.5 Å². The third-order valence-electron chi connectivity index (χ3n) is 4.28. The summed E-state index contributed by atoms with van der Waals surface area (Å²) in [6.07, 6.45) is 10.9. The molecule has 2 rings (SSSR count). The van der Waals surface area contributed by atoms with Crippen LogP contribution in [0.2, 0.25) is 0 Å². The maximum absolute atomic E-state index is 8.72. The third-order valence-corrected chi connectivity index (χ3v) is 4.28. The molecule has 2 N–H and O–H groups in total. The predicted octanol–water partition coefficient (Wildman–Crippen LogP) is 2.23. The largest absolute Gasteiger partial charge is 0.396 e. The first-order chi connectivity index (χ1) is 8.35. The van der Waals surface area contributed by atoms with Crippen LogP contribution in [0.3, 0.4) is 0 Å². The predicted molar refractivity (Wildman–Crippen MR) is 69.1 cm³/mol.